The maximum Gasteiger partial charge on any atom is 0.340 e. The summed E-state index contributed by atoms with van der Waals surface area (Å²) in [6.45, 7) is 6.04. The zero-order valence-corrected chi connectivity index (χ0v) is 18.1. The lowest BCUT2D eigenvalue weighted by atomic mass is 10.0. The minimum Gasteiger partial charge on any atom is -0.466 e. The van der Waals surface area contributed by atoms with Crippen LogP contribution in [0.4, 0.5) is 0 Å². The Morgan fingerprint density at radius 3 is 2.72 bits per heavy atom. The second kappa shape index (κ2) is 8.49. The summed E-state index contributed by atoms with van der Waals surface area (Å²) in [6, 6.07) is 2.58. The van der Waals surface area contributed by atoms with Crippen molar-refractivity contribution in [2.45, 2.75) is 39.7 Å². The van der Waals surface area contributed by atoms with Gasteiger partial charge in [-0.2, -0.15) is 0 Å². The second-order valence-electron chi connectivity index (χ2n) is 7.84. The van der Waals surface area contributed by atoms with Crippen LogP contribution in [0.1, 0.15) is 30.0 Å². The van der Waals surface area contributed by atoms with Crippen LogP contribution in [0.5, 0.6) is 0 Å². The van der Waals surface area contributed by atoms with Gasteiger partial charge in [-0.15, -0.1) is 0 Å². The molecule has 4 rings (SSSR count). The fraction of sp³-hybridized carbons (Fsp3) is 0.391. The number of ether oxygens (including phenoxy) is 1. The van der Waals surface area contributed by atoms with Crippen molar-refractivity contribution in [3.63, 3.8) is 0 Å². The van der Waals surface area contributed by atoms with Crippen LogP contribution in [-0.4, -0.2) is 48.4 Å². The van der Waals surface area contributed by atoms with Gasteiger partial charge in [-0.25, -0.2) is 4.79 Å². The first-order valence-electron chi connectivity index (χ1n) is 10.5. The molecule has 1 aliphatic rings. The normalized spacial score (nSPS) is 16.4. The first-order chi connectivity index (χ1) is 15.3. The van der Waals surface area contributed by atoms with E-state index in [1.807, 2.05) is 13.0 Å². The van der Waals surface area contributed by atoms with E-state index in [4.69, 9.17) is 13.6 Å². The highest BCUT2D eigenvalue weighted by atomic mass is 16.5. The van der Waals surface area contributed by atoms with Gasteiger partial charge in [0, 0.05) is 29.9 Å². The number of aryl methyl sites for hydroxylation is 2. The second-order valence-corrected chi connectivity index (χ2v) is 7.84. The summed E-state index contributed by atoms with van der Waals surface area (Å²) in [5, 5.41) is 4.27. The first kappa shape index (κ1) is 21.6. The minimum absolute atomic E-state index is 0.182. The molecule has 32 heavy (non-hydrogen) atoms. The van der Waals surface area contributed by atoms with E-state index in [0.29, 0.717) is 22.1 Å². The largest absolute Gasteiger partial charge is 0.466 e. The molecule has 1 aromatic carbocycles. The van der Waals surface area contributed by atoms with Crippen molar-refractivity contribution in [2.75, 3.05) is 19.7 Å². The molecule has 3 heterocycles. The number of hydrogen-bond donors (Lipinski definition) is 1. The molecular weight excluding hydrogens is 416 g/mol. The van der Waals surface area contributed by atoms with Gasteiger partial charge in [-0.3, -0.25) is 14.4 Å². The lowest BCUT2D eigenvalue weighted by Gasteiger charge is -2.34. The fourth-order valence-electron chi connectivity index (χ4n) is 4.09. The highest BCUT2D eigenvalue weighted by molar-refractivity contribution is 5.97. The van der Waals surface area contributed by atoms with Gasteiger partial charge in [0.25, 0.3) is 0 Å². The van der Waals surface area contributed by atoms with Crippen LogP contribution >= 0.6 is 0 Å². The van der Waals surface area contributed by atoms with Crippen molar-refractivity contribution in [3.05, 3.63) is 45.5 Å². The minimum atomic E-state index is -0.976. The predicted octanol–water partition coefficient (Wildman–Crippen LogP) is 1.98. The molecule has 0 aliphatic carbocycles. The number of hydrogen-bond acceptors (Lipinski definition) is 7. The van der Waals surface area contributed by atoms with E-state index in [0.717, 1.165) is 10.9 Å². The Bertz CT molecular complexity index is 1290. The molecule has 1 aliphatic heterocycles. The molecule has 1 N–H and O–H groups in total. The van der Waals surface area contributed by atoms with Crippen molar-refractivity contribution in [1.82, 2.24) is 10.2 Å². The molecule has 2 amide bonds. The van der Waals surface area contributed by atoms with Gasteiger partial charge >= 0.3 is 11.6 Å². The van der Waals surface area contributed by atoms with E-state index in [1.54, 1.807) is 26.2 Å². The van der Waals surface area contributed by atoms with Gasteiger partial charge in [0.1, 0.15) is 17.2 Å². The van der Waals surface area contributed by atoms with Gasteiger partial charge < -0.3 is 23.8 Å². The molecule has 0 radical (unpaired) electrons. The van der Waals surface area contributed by atoms with Crippen LogP contribution in [0.2, 0.25) is 0 Å². The average molecular weight is 440 g/mol. The van der Waals surface area contributed by atoms with Crippen LogP contribution < -0.4 is 10.9 Å². The Morgan fingerprint density at radius 2 is 1.97 bits per heavy atom. The molecule has 1 unspecified atom stereocenters. The first-order valence-corrected chi connectivity index (χ1v) is 10.5. The summed E-state index contributed by atoms with van der Waals surface area (Å²) in [4.78, 5) is 51.4. The van der Waals surface area contributed by atoms with E-state index < -0.39 is 29.5 Å². The summed E-state index contributed by atoms with van der Waals surface area (Å²) < 4.78 is 15.9. The molecule has 1 atom stereocenters. The highest BCUT2D eigenvalue weighted by Crippen LogP contribution is 2.29. The van der Waals surface area contributed by atoms with Crippen molar-refractivity contribution in [1.29, 1.82) is 0 Å². The number of carbonyl (C=O) groups excluding carboxylic acids is 3. The number of benzene rings is 1. The van der Waals surface area contributed by atoms with E-state index in [-0.39, 0.29) is 38.1 Å². The number of furan rings is 1. The summed E-state index contributed by atoms with van der Waals surface area (Å²) in [7, 11) is 0. The Balaban J connectivity index is 1.66. The number of rotatable bonds is 5. The summed E-state index contributed by atoms with van der Waals surface area (Å²) >= 11 is 0. The molecule has 9 nitrogen and oxygen atoms in total. The molecule has 3 aromatic rings. The van der Waals surface area contributed by atoms with Crippen LogP contribution in [0.3, 0.4) is 0 Å². The summed E-state index contributed by atoms with van der Waals surface area (Å²) in [6.07, 6.45) is 1.15. The smallest absolute Gasteiger partial charge is 0.340 e. The number of carbonyl (C=O) groups is 3. The van der Waals surface area contributed by atoms with Crippen LogP contribution in [0.15, 0.2) is 32.0 Å². The maximum atomic E-state index is 13.1. The highest BCUT2D eigenvalue weighted by Gasteiger charge is 2.35. The Kier molecular flexibility index (Phi) is 5.73. The molecular formula is C23H24N2O7. The SMILES string of the molecule is CCOC(=O)CC1C(=O)NCCN1C(=O)Cc1c(C)c2cc3c(C)coc3cc2oc1=O. The number of piperazine rings is 1. The van der Waals surface area contributed by atoms with Crippen molar-refractivity contribution >= 4 is 39.7 Å². The molecule has 0 spiro atoms. The van der Waals surface area contributed by atoms with E-state index in [2.05, 4.69) is 5.32 Å². The lowest BCUT2D eigenvalue weighted by molar-refractivity contribution is -0.151. The van der Waals surface area contributed by atoms with E-state index in [1.165, 1.54) is 4.90 Å². The summed E-state index contributed by atoms with van der Waals surface area (Å²) in [5.74, 6) is -1.41. The standard InChI is InChI=1S/C23H24N2O7/c1-4-30-21(27)9-17-22(28)24-5-6-25(17)20(26)8-16-13(3)15-7-14-12(2)11-31-18(14)10-19(15)32-23(16)29/h7,10-11,17H,4-6,8-9H2,1-3H3,(H,24,28). The topological polar surface area (TPSA) is 119 Å². The van der Waals surface area contributed by atoms with Gasteiger partial charge in [0.2, 0.25) is 11.8 Å². The third-order valence-electron chi connectivity index (χ3n) is 5.82. The zero-order valence-electron chi connectivity index (χ0n) is 18.1. The molecule has 1 fully saturated rings. The maximum absolute atomic E-state index is 13.1. The Morgan fingerprint density at radius 1 is 1.19 bits per heavy atom. The van der Waals surface area contributed by atoms with Crippen LogP contribution in [0.25, 0.3) is 21.9 Å². The fourth-order valence-corrected chi connectivity index (χ4v) is 4.09. The van der Waals surface area contributed by atoms with Crippen LogP contribution in [0, 0.1) is 13.8 Å². The Hall–Kier alpha value is -3.62. The molecule has 0 bridgehead atoms. The van der Waals surface area contributed by atoms with Crippen molar-refractivity contribution in [3.8, 4) is 0 Å². The van der Waals surface area contributed by atoms with E-state index >= 15 is 0 Å². The average Bonchev–Trinajstić information content (AvgIpc) is 3.11. The number of esters is 1. The number of nitrogens with one attached hydrogen (secondary N) is 1. The van der Waals surface area contributed by atoms with Gasteiger partial charge in [-0.05, 0) is 38.0 Å². The van der Waals surface area contributed by atoms with Crippen molar-refractivity contribution < 1.29 is 28.0 Å². The quantitative estimate of drug-likeness (QED) is 0.476. The third-order valence-corrected chi connectivity index (χ3v) is 5.82. The van der Waals surface area contributed by atoms with Gasteiger partial charge in [-0.1, -0.05) is 0 Å². The summed E-state index contributed by atoms with van der Waals surface area (Å²) in [5.41, 5.74) is 2.19. The Labute approximate surface area is 183 Å². The molecule has 0 saturated carbocycles. The van der Waals surface area contributed by atoms with E-state index in [9.17, 15) is 19.2 Å². The van der Waals surface area contributed by atoms with Gasteiger partial charge in [0.15, 0.2) is 0 Å². The molecule has 2 aromatic heterocycles. The monoisotopic (exact) mass is 440 g/mol. The molecule has 1 saturated heterocycles. The predicted molar refractivity (Wildman–Crippen MR) is 115 cm³/mol. The molecule has 168 valence electrons. The zero-order chi connectivity index (χ0) is 23.0. The number of fused-ring (bicyclic) bond motifs is 2. The van der Waals surface area contributed by atoms with Crippen molar-refractivity contribution in [2.24, 2.45) is 0 Å². The molecule has 9 heteroatoms. The lowest BCUT2D eigenvalue weighted by Crippen LogP contribution is -2.58. The third kappa shape index (κ3) is 3.86. The number of nitrogens with zero attached hydrogens (tertiary/aromatic N) is 1. The van der Waals surface area contributed by atoms with Gasteiger partial charge in [0.05, 0.1) is 31.3 Å². The van der Waals surface area contributed by atoms with Crippen LogP contribution in [-0.2, 0) is 25.5 Å². The number of amides is 2.